The molecule has 0 bridgehead atoms. The highest BCUT2D eigenvalue weighted by Gasteiger charge is 2.41. The number of nitriles is 2. The van der Waals surface area contributed by atoms with Crippen molar-refractivity contribution in [2.24, 2.45) is 0 Å². The number of carbonyl (C=O) groups is 1. The second kappa shape index (κ2) is 8.84. The number of likely N-dealkylation sites (N-methyl/N-ethyl adjacent to an activating group) is 1. The summed E-state index contributed by atoms with van der Waals surface area (Å²) in [6.07, 6.45) is -3.68. The summed E-state index contributed by atoms with van der Waals surface area (Å²) in [5, 5.41) is 19.2. The van der Waals surface area contributed by atoms with Gasteiger partial charge in [-0.3, -0.25) is 4.90 Å². The smallest absolute Gasteiger partial charge is 0.312 e. The van der Waals surface area contributed by atoms with Crippen molar-refractivity contribution in [3.8, 4) is 12.1 Å². The first kappa shape index (κ1) is 24.8. The second-order valence-corrected chi connectivity index (χ2v) is 9.59. The molecule has 0 unspecified atom stereocenters. The Labute approximate surface area is 194 Å². The summed E-state index contributed by atoms with van der Waals surface area (Å²) in [6, 6.07) is 10.1. The molecule has 7 nitrogen and oxygen atoms in total. The maximum absolute atomic E-state index is 13.5. The van der Waals surface area contributed by atoms with E-state index in [4.69, 9.17) is 0 Å². The normalized spacial score (nSPS) is 16.9. The number of benzene rings is 2. The molecule has 0 fully saturated rings. The number of alkyl halides is 3. The van der Waals surface area contributed by atoms with Gasteiger partial charge in [-0.25, -0.2) is 13.2 Å². The third-order valence-corrected chi connectivity index (χ3v) is 6.63. The van der Waals surface area contributed by atoms with Crippen LogP contribution in [0.4, 0.5) is 23.7 Å². The predicted octanol–water partition coefficient (Wildman–Crippen LogP) is 4.78. The Hall–Kier alpha value is -3.83. The number of halogens is 3. The number of carbonyl (C=O) groups excluding carboxylic acids is 1. The maximum atomic E-state index is 13.5. The van der Waals surface area contributed by atoms with Crippen LogP contribution in [-0.4, -0.2) is 32.1 Å². The number of sulfone groups is 1. The van der Waals surface area contributed by atoms with E-state index in [9.17, 15) is 36.9 Å². The Morgan fingerprint density at radius 2 is 1.76 bits per heavy atom. The van der Waals surface area contributed by atoms with Gasteiger partial charge >= 0.3 is 12.2 Å². The fourth-order valence-electron chi connectivity index (χ4n) is 3.92. The van der Waals surface area contributed by atoms with E-state index in [0.717, 1.165) is 29.4 Å². The number of amides is 2. The topological polar surface area (TPSA) is 105 Å². The molecular formula is C23H19F3N4O3S. The van der Waals surface area contributed by atoms with E-state index < -0.39 is 33.6 Å². The average Bonchev–Trinajstić information content (AvgIpc) is 2.77. The molecule has 0 aromatic heterocycles. The molecule has 3 rings (SSSR count). The first-order valence-electron chi connectivity index (χ1n) is 9.98. The Kier molecular flexibility index (Phi) is 6.45. The van der Waals surface area contributed by atoms with E-state index in [-0.39, 0.29) is 39.5 Å². The van der Waals surface area contributed by atoms with Crippen LogP contribution in [0.5, 0.6) is 0 Å². The molecule has 0 aliphatic carbocycles. The van der Waals surface area contributed by atoms with Crippen LogP contribution in [0.1, 0.15) is 36.6 Å². The van der Waals surface area contributed by atoms with E-state index in [0.29, 0.717) is 0 Å². The molecule has 0 spiro atoms. The molecule has 0 saturated heterocycles. The minimum Gasteiger partial charge on any atom is -0.312 e. The van der Waals surface area contributed by atoms with Crippen LogP contribution >= 0.6 is 0 Å². The van der Waals surface area contributed by atoms with E-state index in [1.807, 2.05) is 12.1 Å². The van der Waals surface area contributed by atoms with Crippen molar-refractivity contribution in [1.29, 1.82) is 10.5 Å². The van der Waals surface area contributed by atoms with Crippen LogP contribution in [0.25, 0.3) is 0 Å². The molecular weight excluding hydrogens is 469 g/mol. The minimum atomic E-state index is -4.63. The largest absolute Gasteiger partial charge is 0.416 e. The lowest BCUT2D eigenvalue weighted by molar-refractivity contribution is -0.137. The lowest BCUT2D eigenvalue weighted by atomic mass is 9.93. The fourth-order valence-corrected chi connectivity index (χ4v) is 4.86. The van der Waals surface area contributed by atoms with Crippen LogP contribution in [0.15, 0.2) is 58.6 Å². The van der Waals surface area contributed by atoms with Gasteiger partial charge in [-0.05, 0) is 49.7 Å². The highest BCUT2D eigenvalue weighted by molar-refractivity contribution is 7.90. The molecule has 2 aromatic carbocycles. The quantitative estimate of drug-likeness (QED) is 0.616. The minimum absolute atomic E-state index is 0.00605. The van der Waals surface area contributed by atoms with Crippen LogP contribution < -0.4 is 4.90 Å². The molecule has 2 aromatic rings. The van der Waals surface area contributed by atoms with Gasteiger partial charge < -0.3 is 4.90 Å². The van der Waals surface area contributed by atoms with Crippen molar-refractivity contribution >= 4 is 21.6 Å². The summed E-state index contributed by atoms with van der Waals surface area (Å²) in [7, 11) is -3.86. The van der Waals surface area contributed by atoms with Crippen molar-refractivity contribution in [2.45, 2.75) is 31.0 Å². The molecule has 1 aliphatic rings. The Balaban J connectivity index is 2.29. The molecule has 11 heteroatoms. The van der Waals surface area contributed by atoms with Crippen LogP contribution in [-0.2, 0) is 16.0 Å². The highest BCUT2D eigenvalue weighted by Crippen LogP contribution is 2.42. The van der Waals surface area contributed by atoms with Gasteiger partial charge in [0, 0.05) is 18.5 Å². The summed E-state index contributed by atoms with van der Waals surface area (Å²) in [5.41, 5.74) is -0.764. The van der Waals surface area contributed by atoms with Gasteiger partial charge in [0.15, 0.2) is 9.84 Å². The van der Waals surface area contributed by atoms with Gasteiger partial charge in [-0.15, -0.1) is 0 Å². The van der Waals surface area contributed by atoms with Crippen molar-refractivity contribution < 1.29 is 26.4 Å². The monoisotopic (exact) mass is 488 g/mol. The first-order chi connectivity index (χ1) is 15.8. The zero-order valence-corrected chi connectivity index (χ0v) is 19.2. The fraction of sp³-hybridized carbons (Fsp3) is 0.261. The van der Waals surface area contributed by atoms with Crippen molar-refractivity contribution in [2.75, 3.05) is 17.7 Å². The molecule has 1 aliphatic heterocycles. The standard InChI is InChI=1S/C23H19F3N4O3S/c1-4-29-21(18-9-8-15(12-27)10-20(18)34(3,32)33)19(13-28)14(2)30(22(29)31)17-7-5-6-16(11-17)23(24,25)26/h5-11,21H,4H2,1-3H3/t21-/m1/s1. The molecule has 0 N–H and O–H groups in total. The number of allylic oxidation sites excluding steroid dienone is 1. The third kappa shape index (κ3) is 4.35. The van der Waals surface area contributed by atoms with Crippen molar-refractivity contribution in [1.82, 2.24) is 4.90 Å². The van der Waals surface area contributed by atoms with Crippen LogP contribution in [0.3, 0.4) is 0 Å². The Morgan fingerprint density at radius 3 is 2.29 bits per heavy atom. The predicted molar refractivity (Wildman–Crippen MR) is 117 cm³/mol. The lowest BCUT2D eigenvalue weighted by Crippen LogP contribution is -2.49. The molecule has 1 heterocycles. The van der Waals surface area contributed by atoms with Gasteiger partial charge in [-0.2, -0.15) is 23.7 Å². The molecule has 34 heavy (non-hydrogen) atoms. The zero-order chi connectivity index (χ0) is 25.4. The number of urea groups is 1. The van der Waals surface area contributed by atoms with E-state index >= 15 is 0 Å². The van der Waals surface area contributed by atoms with Crippen molar-refractivity contribution in [3.63, 3.8) is 0 Å². The lowest BCUT2D eigenvalue weighted by Gasteiger charge is -2.42. The zero-order valence-electron chi connectivity index (χ0n) is 18.4. The molecule has 1 atom stereocenters. The van der Waals surface area contributed by atoms with Crippen LogP contribution in [0.2, 0.25) is 0 Å². The number of rotatable bonds is 4. The summed E-state index contributed by atoms with van der Waals surface area (Å²) in [6.45, 7) is 3.05. The first-order valence-corrected chi connectivity index (χ1v) is 11.9. The second-order valence-electron chi connectivity index (χ2n) is 7.60. The SMILES string of the molecule is CCN1C(=O)N(c2cccc(C(F)(F)F)c2)C(C)=C(C#N)[C@H]1c1ccc(C#N)cc1S(C)(=O)=O. The Morgan fingerprint density at radius 1 is 1.09 bits per heavy atom. The maximum Gasteiger partial charge on any atom is 0.416 e. The number of hydrogen-bond donors (Lipinski definition) is 0. The van der Waals surface area contributed by atoms with Gasteiger partial charge in [0.2, 0.25) is 0 Å². The summed E-state index contributed by atoms with van der Waals surface area (Å²) in [5.74, 6) is 0. The molecule has 2 amide bonds. The number of nitrogens with zero attached hydrogens (tertiary/aromatic N) is 4. The third-order valence-electron chi connectivity index (χ3n) is 5.48. The average molecular weight is 488 g/mol. The van der Waals surface area contributed by atoms with Gasteiger partial charge in [0.1, 0.15) is 0 Å². The molecule has 0 radical (unpaired) electrons. The molecule has 0 saturated carbocycles. The van der Waals surface area contributed by atoms with Gasteiger partial charge in [0.05, 0.1) is 45.5 Å². The van der Waals surface area contributed by atoms with E-state index in [1.54, 1.807) is 6.92 Å². The van der Waals surface area contributed by atoms with Gasteiger partial charge in [0.25, 0.3) is 0 Å². The molecule has 176 valence electrons. The summed E-state index contributed by atoms with van der Waals surface area (Å²) in [4.78, 5) is 15.5. The van der Waals surface area contributed by atoms with E-state index in [2.05, 4.69) is 0 Å². The van der Waals surface area contributed by atoms with Crippen molar-refractivity contribution in [3.05, 3.63) is 70.4 Å². The highest BCUT2D eigenvalue weighted by atomic mass is 32.2. The Bertz CT molecular complexity index is 1390. The number of hydrogen-bond acceptors (Lipinski definition) is 5. The summed E-state index contributed by atoms with van der Waals surface area (Å²) >= 11 is 0. The van der Waals surface area contributed by atoms with E-state index in [1.165, 1.54) is 36.1 Å². The summed E-state index contributed by atoms with van der Waals surface area (Å²) < 4.78 is 64.8. The van der Waals surface area contributed by atoms with Gasteiger partial charge in [-0.1, -0.05) is 12.1 Å². The van der Waals surface area contributed by atoms with Crippen LogP contribution in [0, 0.1) is 22.7 Å². The number of anilines is 1.